The Balaban J connectivity index is 0. The normalized spacial score (nSPS) is 9.45. The monoisotopic (exact) mass is 158 g/mol. The first-order valence-electron chi connectivity index (χ1n) is 3.94. The lowest BCUT2D eigenvalue weighted by Crippen LogP contribution is -2.71. The van der Waals surface area contributed by atoms with Gasteiger partial charge in [0.1, 0.15) is 0 Å². The van der Waals surface area contributed by atoms with Crippen molar-refractivity contribution < 1.29 is 5.73 Å². The maximum atomic E-state index is 6.75. The van der Waals surface area contributed by atoms with E-state index in [-0.39, 0.29) is 0 Å². The summed E-state index contributed by atoms with van der Waals surface area (Å²) in [6.45, 7) is 6.62. The SMILES string of the molecule is CCC([NH3+])(CC)CC.[N-]=[N+]=[N-]. The molecule has 0 aromatic heterocycles. The summed E-state index contributed by atoms with van der Waals surface area (Å²) in [6, 6.07) is 0. The van der Waals surface area contributed by atoms with Gasteiger partial charge in [-0.1, -0.05) is 20.8 Å². The van der Waals surface area contributed by atoms with Crippen LogP contribution in [0.25, 0.3) is 16.0 Å². The minimum absolute atomic E-state index is 0.375. The number of hydrogen-bond donors (Lipinski definition) is 1. The lowest BCUT2D eigenvalue weighted by Gasteiger charge is -2.19. The van der Waals surface area contributed by atoms with Gasteiger partial charge in [0.2, 0.25) is 0 Å². The molecular formula is C7H18N4. The topological polar surface area (TPSA) is 86.3 Å². The van der Waals surface area contributed by atoms with Crippen molar-refractivity contribution in [2.24, 2.45) is 0 Å². The molecule has 3 N–H and O–H groups in total. The first-order valence-corrected chi connectivity index (χ1v) is 3.94. The average Bonchev–Trinajstić information content (AvgIpc) is 2.05. The highest BCUT2D eigenvalue weighted by Crippen LogP contribution is 2.11. The van der Waals surface area contributed by atoms with E-state index in [9.17, 15) is 0 Å². The summed E-state index contributed by atoms with van der Waals surface area (Å²) in [7, 11) is 0. The zero-order valence-electron chi connectivity index (χ0n) is 7.67. The van der Waals surface area contributed by atoms with Crippen molar-refractivity contribution in [3.8, 4) is 0 Å². The van der Waals surface area contributed by atoms with Gasteiger partial charge in [0, 0.05) is 0 Å². The second kappa shape index (κ2) is 7.38. The van der Waals surface area contributed by atoms with Gasteiger partial charge in [0.25, 0.3) is 0 Å². The van der Waals surface area contributed by atoms with Crippen LogP contribution in [0.3, 0.4) is 0 Å². The van der Waals surface area contributed by atoms with Crippen molar-refractivity contribution in [1.82, 2.24) is 0 Å². The smallest absolute Gasteiger partial charge is 0.0937 e. The van der Waals surface area contributed by atoms with E-state index in [1.165, 1.54) is 24.2 Å². The molecule has 0 radical (unpaired) electrons. The van der Waals surface area contributed by atoms with Gasteiger partial charge in [-0.05, 0) is 19.3 Å². The van der Waals surface area contributed by atoms with E-state index < -0.39 is 0 Å². The maximum absolute atomic E-state index is 6.75. The fourth-order valence-electron chi connectivity index (χ4n) is 0.750. The van der Waals surface area contributed by atoms with E-state index in [4.69, 9.17) is 11.1 Å². The van der Waals surface area contributed by atoms with E-state index in [0.29, 0.717) is 5.54 Å². The molecule has 0 saturated heterocycles. The summed E-state index contributed by atoms with van der Waals surface area (Å²) < 4.78 is 0. The summed E-state index contributed by atoms with van der Waals surface area (Å²) in [4.78, 5) is 1.50. The van der Waals surface area contributed by atoms with Gasteiger partial charge >= 0.3 is 0 Å². The molecular weight excluding hydrogens is 140 g/mol. The average molecular weight is 158 g/mol. The Morgan fingerprint density at radius 3 is 1.27 bits per heavy atom. The second-order valence-corrected chi connectivity index (χ2v) is 2.65. The quantitative estimate of drug-likeness (QED) is 0.370. The Labute approximate surface area is 68.2 Å². The van der Waals surface area contributed by atoms with Gasteiger partial charge in [0.05, 0.1) is 5.54 Å². The van der Waals surface area contributed by atoms with Crippen LogP contribution in [0.4, 0.5) is 0 Å². The van der Waals surface area contributed by atoms with Crippen molar-refractivity contribution in [3.63, 3.8) is 0 Å². The van der Waals surface area contributed by atoms with Crippen LogP contribution in [0.1, 0.15) is 40.0 Å². The van der Waals surface area contributed by atoms with Crippen LogP contribution in [-0.2, 0) is 0 Å². The van der Waals surface area contributed by atoms with Gasteiger partial charge < -0.3 is 16.8 Å². The molecule has 4 heteroatoms. The molecule has 0 aromatic carbocycles. The van der Waals surface area contributed by atoms with Gasteiger partial charge in [0.15, 0.2) is 0 Å². The molecule has 0 amide bonds. The van der Waals surface area contributed by atoms with Crippen molar-refractivity contribution in [2.75, 3.05) is 0 Å². The molecule has 0 spiro atoms. The number of quaternary nitrogens is 1. The summed E-state index contributed by atoms with van der Waals surface area (Å²) in [5.41, 5.74) is 18.0. The zero-order valence-corrected chi connectivity index (χ0v) is 7.67. The van der Waals surface area contributed by atoms with Crippen LogP contribution in [0.5, 0.6) is 0 Å². The lowest BCUT2D eigenvalue weighted by atomic mass is 9.92. The summed E-state index contributed by atoms with van der Waals surface area (Å²) in [5, 5.41) is 0. The van der Waals surface area contributed by atoms with Crippen molar-refractivity contribution in [2.45, 2.75) is 45.6 Å². The van der Waals surface area contributed by atoms with Crippen LogP contribution in [0.15, 0.2) is 0 Å². The molecule has 0 aliphatic heterocycles. The first kappa shape index (κ1) is 12.9. The van der Waals surface area contributed by atoms with E-state index in [0.717, 1.165) is 0 Å². The Morgan fingerprint density at radius 1 is 1.09 bits per heavy atom. The van der Waals surface area contributed by atoms with E-state index >= 15 is 0 Å². The highest BCUT2D eigenvalue weighted by molar-refractivity contribution is 4.69. The summed E-state index contributed by atoms with van der Waals surface area (Å²) in [6.07, 6.45) is 3.63. The highest BCUT2D eigenvalue weighted by atomic mass is 15.0. The lowest BCUT2D eigenvalue weighted by molar-refractivity contribution is -0.480. The molecule has 0 aromatic rings. The molecule has 11 heavy (non-hydrogen) atoms. The van der Waals surface area contributed by atoms with Crippen LogP contribution >= 0.6 is 0 Å². The second-order valence-electron chi connectivity index (χ2n) is 2.65. The van der Waals surface area contributed by atoms with E-state index in [2.05, 4.69) is 26.5 Å². The number of rotatable bonds is 3. The molecule has 0 aliphatic carbocycles. The standard InChI is InChI=1S/C7H17N.N3/c1-4-7(8,5-2)6-3;1-3-2/h4-6,8H2,1-3H3;/q;-1/p+1. The molecule has 0 aliphatic rings. The Bertz CT molecular complexity index is 103. The van der Waals surface area contributed by atoms with E-state index in [1.807, 2.05) is 0 Å². The predicted molar refractivity (Wildman–Crippen MR) is 46.6 cm³/mol. The fourth-order valence-corrected chi connectivity index (χ4v) is 0.750. The van der Waals surface area contributed by atoms with Crippen LogP contribution < -0.4 is 5.73 Å². The fraction of sp³-hybridized carbons (Fsp3) is 1.00. The zero-order chi connectivity index (χ0) is 9.33. The Kier molecular flexibility index (Phi) is 8.65. The van der Waals surface area contributed by atoms with Crippen molar-refractivity contribution in [1.29, 1.82) is 0 Å². The molecule has 0 unspecified atom stereocenters. The Hall–Kier alpha value is -0.730. The van der Waals surface area contributed by atoms with Gasteiger partial charge in [-0.25, -0.2) is 0 Å². The van der Waals surface area contributed by atoms with Crippen molar-refractivity contribution in [3.05, 3.63) is 16.0 Å². The highest BCUT2D eigenvalue weighted by Gasteiger charge is 2.20. The number of hydrogen-bond acceptors (Lipinski definition) is 0. The van der Waals surface area contributed by atoms with Crippen LogP contribution in [-0.4, -0.2) is 5.54 Å². The molecule has 0 rings (SSSR count). The van der Waals surface area contributed by atoms with Crippen molar-refractivity contribution >= 4 is 0 Å². The molecule has 0 bridgehead atoms. The maximum Gasteiger partial charge on any atom is 0.0937 e. The molecule has 0 heterocycles. The van der Waals surface area contributed by atoms with Crippen LogP contribution in [0, 0.1) is 0 Å². The molecule has 4 nitrogen and oxygen atoms in total. The predicted octanol–water partition coefficient (Wildman–Crippen LogP) is 2.06. The van der Waals surface area contributed by atoms with Crippen LogP contribution in [0.2, 0.25) is 0 Å². The summed E-state index contributed by atoms with van der Waals surface area (Å²) >= 11 is 0. The third kappa shape index (κ3) is 7.16. The van der Waals surface area contributed by atoms with Gasteiger partial charge in [-0.2, -0.15) is 0 Å². The number of nitrogens with zero attached hydrogens (tertiary/aromatic N) is 3. The molecule has 0 fully saturated rings. The molecule has 66 valence electrons. The van der Waals surface area contributed by atoms with Gasteiger partial charge in [-0.15, -0.1) is 0 Å². The first-order chi connectivity index (χ1) is 5.10. The minimum atomic E-state index is 0.375. The molecule has 0 atom stereocenters. The third-order valence-corrected chi connectivity index (χ3v) is 2.25. The third-order valence-electron chi connectivity index (χ3n) is 2.25. The summed E-state index contributed by atoms with van der Waals surface area (Å²) in [5.74, 6) is 0. The molecule has 0 saturated carbocycles. The van der Waals surface area contributed by atoms with E-state index in [1.54, 1.807) is 0 Å². The Morgan fingerprint density at radius 2 is 1.27 bits per heavy atom. The van der Waals surface area contributed by atoms with Gasteiger partial charge in [-0.3, -0.25) is 4.91 Å². The minimum Gasteiger partial charge on any atom is -0.373 e. The largest absolute Gasteiger partial charge is 0.373 e.